The lowest BCUT2D eigenvalue weighted by atomic mass is 10.0. The van der Waals surface area contributed by atoms with Gasteiger partial charge in [-0.2, -0.15) is 0 Å². The van der Waals surface area contributed by atoms with Crippen LogP contribution in [-0.2, 0) is 19.6 Å². The van der Waals surface area contributed by atoms with E-state index in [2.05, 4.69) is 4.72 Å². The van der Waals surface area contributed by atoms with Crippen LogP contribution in [0.5, 0.6) is 0 Å². The van der Waals surface area contributed by atoms with E-state index in [1.807, 2.05) is 6.92 Å². The molecule has 0 heterocycles. The van der Waals surface area contributed by atoms with Crippen LogP contribution in [0.2, 0.25) is 0 Å². The smallest absolute Gasteiger partial charge is 0.302 e. The Balaban J connectivity index is 3.08. The Morgan fingerprint density at radius 1 is 1.31 bits per heavy atom. The highest BCUT2D eigenvalue weighted by Crippen LogP contribution is 2.23. The highest BCUT2D eigenvalue weighted by molar-refractivity contribution is 7.89. The van der Waals surface area contributed by atoms with Gasteiger partial charge in [0.15, 0.2) is 4.90 Å². The Morgan fingerprint density at radius 3 is 2.50 bits per heavy atom. The molecular formula is C16H22N2O7S. The third-order valence-corrected chi connectivity index (χ3v) is 4.97. The molecule has 144 valence electrons. The van der Waals surface area contributed by atoms with Crippen LogP contribution >= 0.6 is 0 Å². The monoisotopic (exact) mass is 386 g/mol. The number of hydrogen-bond acceptors (Lipinski definition) is 7. The van der Waals surface area contributed by atoms with Crippen molar-refractivity contribution in [2.45, 2.75) is 31.6 Å². The van der Waals surface area contributed by atoms with Crippen molar-refractivity contribution in [1.82, 2.24) is 4.72 Å². The summed E-state index contributed by atoms with van der Waals surface area (Å²) >= 11 is 0. The number of esters is 1. The topological polar surface area (TPSA) is 136 Å². The number of nitro groups is 1. The minimum Gasteiger partial charge on any atom is -0.461 e. The van der Waals surface area contributed by atoms with E-state index in [9.17, 15) is 28.4 Å². The SMILES string of the molecule is CCC/C(CNS(=O)(=O)c1ccccc1[N+](=O)[O-])=C(/CO)COC(C)=O. The van der Waals surface area contributed by atoms with Crippen molar-refractivity contribution < 1.29 is 28.0 Å². The summed E-state index contributed by atoms with van der Waals surface area (Å²) in [5.74, 6) is -0.521. The summed E-state index contributed by atoms with van der Waals surface area (Å²) in [6.07, 6.45) is 1.14. The van der Waals surface area contributed by atoms with Gasteiger partial charge in [-0.15, -0.1) is 0 Å². The molecule has 0 aliphatic rings. The standard InChI is InChI=1S/C16H22N2O7S/c1-3-6-13(14(10-19)11-25-12(2)20)9-17-26(23,24)16-8-5-4-7-15(16)18(21)22/h4-5,7-8,17,19H,3,6,9-11H2,1-2H3/b14-13+. The summed E-state index contributed by atoms with van der Waals surface area (Å²) in [7, 11) is -4.14. The Hall–Kier alpha value is -2.30. The summed E-state index contributed by atoms with van der Waals surface area (Å²) in [6.45, 7) is 2.41. The molecule has 2 N–H and O–H groups in total. The molecule has 0 radical (unpaired) electrons. The maximum atomic E-state index is 12.5. The molecule has 0 unspecified atom stereocenters. The first-order valence-electron chi connectivity index (χ1n) is 7.90. The molecule has 10 heteroatoms. The third-order valence-electron chi connectivity index (χ3n) is 3.52. The molecule has 26 heavy (non-hydrogen) atoms. The molecule has 9 nitrogen and oxygen atoms in total. The summed E-state index contributed by atoms with van der Waals surface area (Å²) in [5.41, 5.74) is 0.439. The van der Waals surface area contributed by atoms with Crippen LogP contribution in [0.1, 0.15) is 26.7 Å². The summed E-state index contributed by atoms with van der Waals surface area (Å²) in [5, 5.41) is 20.5. The Labute approximate surface area is 151 Å². The molecule has 0 amide bonds. The predicted molar refractivity (Wildman–Crippen MR) is 93.9 cm³/mol. The van der Waals surface area contributed by atoms with Crippen molar-refractivity contribution >= 4 is 21.7 Å². The first kappa shape index (κ1) is 21.7. The van der Waals surface area contributed by atoms with Gasteiger partial charge in [-0.05, 0) is 18.1 Å². The predicted octanol–water partition coefficient (Wildman–Crippen LogP) is 1.53. The molecule has 0 atom stereocenters. The number of benzene rings is 1. The summed E-state index contributed by atoms with van der Waals surface area (Å²) in [4.78, 5) is 20.8. The Kier molecular flexibility index (Phi) is 8.36. The number of nitrogens with zero attached hydrogens (tertiary/aromatic N) is 1. The van der Waals surface area contributed by atoms with Crippen molar-refractivity contribution in [2.24, 2.45) is 0 Å². The van der Waals surface area contributed by atoms with Crippen LogP contribution in [0.25, 0.3) is 0 Å². The number of rotatable bonds is 10. The number of aliphatic hydroxyl groups is 1. The average molecular weight is 386 g/mol. The second kappa shape index (κ2) is 10.00. The fourth-order valence-electron chi connectivity index (χ4n) is 2.24. The number of nitro benzene ring substituents is 1. The van der Waals surface area contributed by atoms with Crippen molar-refractivity contribution in [2.75, 3.05) is 19.8 Å². The van der Waals surface area contributed by atoms with Crippen LogP contribution in [0.3, 0.4) is 0 Å². The van der Waals surface area contributed by atoms with E-state index in [4.69, 9.17) is 4.74 Å². The average Bonchev–Trinajstić information content (AvgIpc) is 2.59. The maximum absolute atomic E-state index is 12.5. The van der Waals surface area contributed by atoms with Gasteiger partial charge in [0.05, 0.1) is 11.5 Å². The van der Waals surface area contributed by atoms with Crippen molar-refractivity contribution in [3.63, 3.8) is 0 Å². The molecule has 0 fully saturated rings. The number of carbonyl (C=O) groups excluding carboxylic acids is 1. The van der Waals surface area contributed by atoms with E-state index in [1.54, 1.807) is 0 Å². The van der Waals surface area contributed by atoms with Gasteiger partial charge in [0.2, 0.25) is 10.0 Å². The third kappa shape index (κ3) is 6.21. The van der Waals surface area contributed by atoms with E-state index < -0.39 is 38.1 Å². The van der Waals surface area contributed by atoms with Crippen LogP contribution in [-0.4, -0.2) is 44.2 Å². The molecule has 0 aromatic heterocycles. The zero-order valence-electron chi connectivity index (χ0n) is 14.6. The van der Waals surface area contributed by atoms with Crippen molar-refractivity contribution in [3.8, 4) is 0 Å². The van der Waals surface area contributed by atoms with Gasteiger partial charge in [0.1, 0.15) is 6.61 Å². The van der Waals surface area contributed by atoms with E-state index in [1.165, 1.54) is 19.1 Å². The lowest BCUT2D eigenvalue weighted by Gasteiger charge is -2.15. The quantitative estimate of drug-likeness (QED) is 0.269. The normalized spacial score (nSPS) is 12.4. The first-order chi connectivity index (χ1) is 12.2. The highest BCUT2D eigenvalue weighted by Gasteiger charge is 2.25. The molecule has 1 aromatic carbocycles. The van der Waals surface area contributed by atoms with Gasteiger partial charge in [0, 0.05) is 19.5 Å². The Bertz CT molecular complexity index is 788. The first-order valence-corrected chi connectivity index (χ1v) is 9.38. The molecule has 1 rings (SSSR count). The summed E-state index contributed by atoms with van der Waals surface area (Å²) in [6, 6.07) is 5.03. The highest BCUT2D eigenvalue weighted by atomic mass is 32.2. The van der Waals surface area contributed by atoms with Crippen LogP contribution in [0, 0.1) is 10.1 Å². The molecule has 0 bridgehead atoms. The van der Waals surface area contributed by atoms with Crippen LogP contribution in [0.4, 0.5) is 5.69 Å². The second-order valence-electron chi connectivity index (χ2n) is 5.44. The number of nitrogens with one attached hydrogen (secondary N) is 1. The molecule has 0 spiro atoms. The van der Waals surface area contributed by atoms with Crippen LogP contribution < -0.4 is 4.72 Å². The fourth-order valence-corrected chi connectivity index (χ4v) is 3.43. The van der Waals surface area contributed by atoms with E-state index >= 15 is 0 Å². The zero-order valence-corrected chi connectivity index (χ0v) is 15.4. The van der Waals surface area contributed by atoms with E-state index in [0.717, 1.165) is 12.1 Å². The van der Waals surface area contributed by atoms with Gasteiger partial charge in [0.25, 0.3) is 5.69 Å². The molecule has 0 saturated carbocycles. The molecule has 1 aromatic rings. The van der Waals surface area contributed by atoms with Crippen molar-refractivity contribution in [3.05, 3.63) is 45.5 Å². The number of sulfonamides is 1. The van der Waals surface area contributed by atoms with Gasteiger partial charge in [-0.3, -0.25) is 14.9 Å². The number of para-hydroxylation sites is 1. The molecule has 0 aliphatic carbocycles. The molecule has 0 aliphatic heterocycles. The van der Waals surface area contributed by atoms with E-state index in [0.29, 0.717) is 24.0 Å². The largest absolute Gasteiger partial charge is 0.461 e. The second-order valence-corrected chi connectivity index (χ2v) is 7.18. The fraction of sp³-hybridized carbons (Fsp3) is 0.438. The lowest BCUT2D eigenvalue weighted by molar-refractivity contribution is -0.387. The van der Waals surface area contributed by atoms with Crippen LogP contribution in [0.15, 0.2) is 40.3 Å². The van der Waals surface area contributed by atoms with Gasteiger partial charge in [-0.25, -0.2) is 13.1 Å². The Morgan fingerprint density at radius 2 is 1.96 bits per heavy atom. The van der Waals surface area contributed by atoms with Crippen molar-refractivity contribution in [1.29, 1.82) is 0 Å². The number of carbonyl (C=O) groups is 1. The van der Waals surface area contributed by atoms with E-state index in [-0.39, 0.29) is 13.2 Å². The zero-order chi connectivity index (χ0) is 19.7. The molecule has 0 saturated heterocycles. The minimum atomic E-state index is -4.14. The number of aliphatic hydroxyl groups excluding tert-OH is 1. The molecular weight excluding hydrogens is 364 g/mol. The summed E-state index contributed by atoms with van der Waals surface area (Å²) < 4.78 is 32.1. The number of hydrogen-bond donors (Lipinski definition) is 2. The maximum Gasteiger partial charge on any atom is 0.302 e. The van der Waals surface area contributed by atoms with Gasteiger partial charge < -0.3 is 9.84 Å². The lowest BCUT2D eigenvalue weighted by Crippen LogP contribution is -2.28. The minimum absolute atomic E-state index is 0.144. The number of ether oxygens (including phenoxy) is 1. The van der Waals surface area contributed by atoms with Gasteiger partial charge in [-0.1, -0.05) is 31.1 Å². The van der Waals surface area contributed by atoms with Gasteiger partial charge >= 0.3 is 5.97 Å².